The number of hydrogen-bond donors (Lipinski definition) is 2. The highest BCUT2D eigenvalue weighted by molar-refractivity contribution is 7.89. The maximum Gasteiger partial charge on any atom is 0.350 e. The minimum absolute atomic E-state index is 0.0601. The maximum absolute atomic E-state index is 12.4. The Kier molecular flexibility index (Phi) is 7.14. The van der Waals surface area contributed by atoms with Gasteiger partial charge in [0.25, 0.3) is 10.0 Å². The summed E-state index contributed by atoms with van der Waals surface area (Å²) >= 11 is 0. The number of halogens is 2. The van der Waals surface area contributed by atoms with Crippen molar-refractivity contribution in [3.63, 3.8) is 0 Å². The molecule has 1 aliphatic rings. The Morgan fingerprint density at radius 3 is 2.36 bits per heavy atom. The number of piperidine rings is 1. The summed E-state index contributed by atoms with van der Waals surface area (Å²) in [6, 6.07) is -0.565. The zero-order valence-corrected chi connectivity index (χ0v) is 13.8. The lowest BCUT2D eigenvalue weighted by atomic mass is 9.96. The smallest absolute Gasteiger partial charge is 0.350 e. The number of amides is 1. The number of alkyl halides is 2. The second kappa shape index (κ2) is 8.16. The molecule has 0 bridgehead atoms. The molecule has 2 unspecified atom stereocenters. The van der Waals surface area contributed by atoms with Crippen LogP contribution in [0.15, 0.2) is 0 Å². The van der Waals surface area contributed by atoms with Crippen molar-refractivity contribution in [3.8, 4) is 0 Å². The first-order valence-corrected chi connectivity index (χ1v) is 9.00. The molecule has 2 atom stereocenters. The highest BCUT2D eigenvalue weighted by Gasteiger charge is 2.34. The van der Waals surface area contributed by atoms with Crippen molar-refractivity contribution in [1.82, 2.24) is 9.62 Å². The van der Waals surface area contributed by atoms with Gasteiger partial charge in [0.15, 0.2) is 0 Å². The van der Waals surface area contributed by atoms with Crippen LogP contribution in [0, 0.1) is 11.8 Å². The normalized spacial score (nSPS) is 20.8. The summed E-state index contributed by atoms with van der Waals surface area (Å²) in [6.07, 6.45) is 1.70. The molecule has 9 heteroatoms. The van der Waals surface area contributed by atoms with Gasteiger partial charge in [0, 0.05) is 19.6 Å². The van der Waals surface area contributed by atoms with Crippen LogP contribution in [0.1, 0.15) is 33.1 Å². The molecule has 1 fully saturated rings. The van der Waals surface area contributed by atoms with Crippen molar-refractivity contribution >= 4 is 15.9 Å². The van der Waals surface area contributed by atoms with Crippen LogP contribution in [0.25, 0.3) is 0 Å². The second-order valence-corrected chi connectivity index (χ2v) is 7.71. The van der Waals surface area contributed by atoms with Crippen LogP contribution in [-0.4, -0.2) is 50.1 Å². The quantitative estimate of drug-likeness (QED) is 0.714. The molecule has 0 aromatic rings. The van der Waals surface area contributed by atoms with E-state index in [-0.39, 0.29) is 30.8 Å². The monoisotopic (exact) mass is 341 g/mol. The van der Waals surface area contributed by atoms with Crippen LogP contribution >= 0.6 is 0 Å². The molecule has 1 heterocycles. The van der Waals surface area contributed by atoms with E-state index in [0.717, 1.165) is 10.7 Å². The molecule has 1 amide bonds. The van der Waals surface area contributed by atoms with E-state index in [1.165, 1.54) is 0 Å². The molecule has 130 valence electrons. The van der Waals surface area contributed by atoms with Crippen molar-refractivity contribution in [3.05, 3.63) is 0 Å². The molecule has 6 nitrogen and oxygen atoms in total. The number of nitrogens with two attached hydrogens (primary N) is 1. The molecular weight excluding hydrogens is 316 g/mol. The van der Waals surface area contributed by atoms with Crippen molar-refractivity contribution in [2.24, 2.45) is 17.6 Å². The fourth-order valence-corrected chi connectivity index (χ4v) is 3.30. The summed E-state index contributed by atoms with van der Waals surface area (Å²) in [5, 5.41) is 2.76. The maximum atomic E-state index is 12.4. The Balaban J connectivity index is 2.39. The molecule has 0 aromatic carbocycles. The summed E-state index contributed by atoms with van der Waals surface area (Å²) < 4.78 is 48.4. The SMILES string of the molecule is CCC(C)C(N)C(=O)NCC1CCN(S(=O)(=O)C(F)F)CC1. The molecule has 0 radical (unpaired) electrons. The van der Waals surface area contributed by atoms with E-state index in [2.05, 4.69) is 5.32 Å². The van der Waals surface area contributed by atoms with Gasteiger partial charge in [0.1, 0.15) is 0 Å². The van der Waals surface area contributed by atoms with E-state index in [1.54, 1.807) is 0 Å². The molecular formula is C13H25F2N3O3S. The Morgan fingerprint density at radius 2 is 1.91 bits per heavy atom. The standard InChI is InChI=1S/C13H25F2N3O3S/c1-3-9(2)11(16)12(19)17-8-10-4-6-18(7-5-10)22(20,21)13(14)15/h9-11,13H,3-8,16H2,1-2H3,(H,17,19). The molecule has 0 saturated carbocycles. The van der Waals surface area contributed by atoms with Gasteiger partial charge in [0.2, 0.25) is 5.91 Å². The van der Waals surface area contributed by atoms with Gasteiger partial charge < -0.3 is 11.1 Å². The van der Waals surface area contributed by atoms with Crippen molar-refractivity contribution in [2.45, 2.75) is 44.9 Å². The number of nitrogens with one attached hydrogen (secondary N) is 1. The lowest BCUT2D eigenvalue weighted by Gasteiger charge is -2.31. The first kappa shape index (κ1) is 19.2. The van der Waals surface area contributed by atoms with E-state index in [9.17, 15) is 22.0 Å². The van der Waals surface area contributed by atoms with Gasteiger partial charge in [-0.3, -0.25) is 4.79 Å². The number of sulfonamides is 1. The lowest BCUT2D eigenvalue weighted by Crippen LogP contribution is -2.47. The second-order valence-electron chi connectivity index (χ2n) is 5.80. The van der Waals surface area contributed by atoms with Gasteiger partial charge in [-0.1, -0.05) is 20.3 Å². The van der Waals surface area contributed by atoms with Gasteiger partial charge >= 0.3 is 5.76 Å². The summed E-state index contributed by atoms with van der Waals surface area (Å²) in [6.45, 7) is 4.37. The third kappa shape index (κ3) is 4.85. The fraction of sp³-hybridized carbons (Fsp3) is 0.923. The predicted octanol–water partition coefficient (Wildman–Crippen LogP) is 0.740. The lowest BCUT2D eigenvalue weighted by molar-refractivity contribution is -0.123. The predicted molar refractivity (Wildman–Crippen MR) is 79.7 cm³/mol. The molecule has 0 spiro atoms. The van der Waals surface area contributed by atoms with Crippen molar-refractivity contribution in [1.29, 1.82) is 0 Å². The van der Waals surface area contributed by atoms with Crippen molar-refractivity contribution < 1.29 is 22.0 Å². The van der Waals surface area contributed by atoms with Gasteiger partial charge in [-0.05, 0) is 24.7 Å². The topological polar surface area (TPSA) is 92.5 Å². The van der Waals surface area contributed by atoms with E-state index < -0.39 is 21.8 Å². The van der Waals surface area contributed by atoms with E-state index >= 15 is 0 Å². The summed E-state index contributed by atoms with van der Waals surface area (Å²) in [4.78, 5) is 11.9. The van der Waals surface area contributed by atoms with E-state index in [4.69, 9.17) is 5.73 Å². The minimum atomic E-state index is -4.49. The minimum Gasteiger partial charge on any atom is -0.354 e. The number of hydrogen-bond acceptors (Lipinski definition) is 4. The number of carbonyl (C=O) groups excluding carboxylic acids is 1. The summed E-state index contributed by atoms with van der Waals surface area (Å²) in [7, 11) is -4.49. The summed E-state index contributed by atoms with van der Waals surface area (Å²) in [5.41, 5.74) is 5.82. The molecule has 1 aliphatic heterocycles. The average molecular weight is 341 g/mol. The first-order valence-electron chi connectivity index (χ1n) is 7.50. The van der Waals surface area contributed by atoms with Crippen LogP contribution in [-0.2, 0) is 14.8 Å². The van der Waals surface area contributed by atoms with Gasteiger partial charge in [-0.25, -0.2) is 8.42 Å². The molecule has 1 saturated heterocycles. The Labute approximate surface area is 130 Å². The number of carbonyl (C=O) groups is 1. The van der Waals surface area contributed by atoms with Crippen molar-refractivity contribution in [2.75, 3.05) is 19.6 Å². The van der Waals surface area contributed by atoms with Crippen LogP contribution in [0.2, 0.25) is 0 Å². The van der Waals surface area contributed by atoms with Crippen LogP contribution in [0.5, 0.6) is 0 Å². The van der Waals surface area contributed by atoms with Gasteiger partial charge in [0.05, 0.1) is 6.04 Å². The third-order valence-electron chi connectivity index (χ3n) is 4.28. The van der Waals surface area contributed by atoms with Gasteiger partial charge in [-0.2, -0.15) is 13.1 Å². The Hall–Kier alpha value is -0.800. The Bertz CT molecular complexity index is 465. The molecule has 0 aromatic heterocycles. The molecule has 1 rings (SSSR count). The first-order chi connectivity index (χ1) is 10.2. The van der Waals surface area contributed by atoms with E-state index in [1.807, 2.05) is 13.8 Å². The average Bonchev–Trinajstić information content (AvgIpc) is 2.51. The highest BCUT2D eigenvalue weighted by Crippen LogP contribution is 2.22. The third-order valence-corrected chi connectivity index (χ3v) is 5.82. The highest BCUT2D eigenvalue weighted by atomic mass is 32.2. The van der Waals surface area contributed by atoms with Crippen LogP contribution in [0.3, 0.4) is 0 Å². The fourth-order valence-electron chi connectivity index (χ4n) is 2.36. The number of nitrogens with zero attached hydrogens (tertiary/aromatic N) is 1. The molecule has 22 heavy (non-hydrogen) atoms. The zero-order valence-electron chi connectivity index (χ0n) is 13.0. The largest absolute Gasteiger partial charge is 0.354 e. The Morgan fingerprint density at radius 1 is 1.36 bits per heavy atom. The van der Waals surface area contributed by atoms with Crippen LogP contribution < -0.4 is 11.1 Å². The number of rotatable bonds is 7. The zero-order chi connectivity index (χ0) is 16.9. The molecule has 0 aliphatic carbocycles. The molecule has 3 N–H and O–H groups in total. The van der Waals surface area contributed by atoms with E-state index in [0.29, 0.717) is 19.4 Å². The summed E-state index contributed by atoms with van der Waals surface area (Å²) in [5.74, 6) is -3.44. The van der Waals surface area contributed by atoms with Gasteiger partial charge in [-0.15, -0.1) is 0 Å². The van der Waals surface area contributed by atoms with Crippen LogP contribution in [0.4, 0.5) is 8.78 Å².